The average molecular weight is 263 g/mol. The number of halogens is 6. The molecule has 1 nitrogen and oxygen atoms in total. The Bertz CT molecular complexity index is 357. The summed E-state index contributed by atoms with van der Waals surface area (Å²) in [5.41, 5.74) is -0.600. The van der Waals surface area contributed by atoms with Gasteiger partial charge in [-0.3, -0.25) is 0 Å². The summed E-state index contributed by atoms with van der Waals surface area (Å²) in [4.78, 5) is 0. The molecule has 0 amide bonds. The number of benzene rings is 1. The van der Waals surface area contributed by atoms with Crippen molar-refractivity contribution in [1.29, 1.82) is 0 Å². The molecule has 0 aliphatic heterocycles. The number of hydrogen-bond donors (Lipinski definition) is 0. The number of hydrogen-bond acceptors (Lipinski definition) is 1. The third kappa shape index (κ3) is 2.89. The van der Waals surface area contributed by atoms with Gasteiger partial charge in [0, 0.05) is 5.56 Å². The highest BCUT2D eigenvalue weighted by atomic mass is 35.5. The summed E-state index contributed by atoms with van der Waals surface area (Å²) in [5.74, 6) is -0.633. The van der Waals surface area contributed by atoms with E-state index in [4.69, 9.17) is 23.2 Å². The number of ether oxygens (including phenoxy) is 1. The van der Waals surface area contributed by atoms with Gasteiger partial charge in [0.2, 0.25) is 0 Å². The maximum Gasteiger partial charge on any atom is 0.387 e. The molecule has 0 aliphatic rings. The van der Waals surface area contributed by atoms with Crippen molar-refractivity contribution < 1.29 is 22.3 Å². The first-order chi connectivity index (χ1) is 6.93. The number of rotatable bonds is 3. The molecule has 1 rings (SSSR count). The molecule has 0 saturated heterocycles. The lowest BCUT2D eigenvalue weighted by Crippen LogP contribution is -2.04. The van der Waals surface area contributed by atoms with Crippen LogP contribution in [0.25, 0.3) is 0 Å². The highest BCUT2D eigenvalue weighted by molar-refractivity contribution is 6.37. The van der Waals surface area contributed by atoms with Crippen molar-refractivity contribution in [2.24, 2.45) is 0 Å². The van der Waals surface area contributed by atoms with Crippen molar-refractivity contribution in [1.82, 2.24) is 0 Å². The van der Waals surface area contributed by atoms with Gasteiger partial charge < -0.3 is 4.74 Å². The summed E-state index contributed by atoms with van der Waals surface area (Å²) in [7, 11) is 0. The van der Waals surface area contributed by atoms with E-state index in [1.54, 1.807) is 0 Å². The summed E-state index contributed by atoms with van der Waals surface area (Å²) in [6, 6.07) is 1.97. The molecule has 0 aliphatic carbocycles. The minimum Gasteiger partial charge on any atom is -0.432 e. The highest BCUT2D eigenvalue weighted by Crippen LogP contribution is 2.40. The van der Waals surface area contributed by atoms with Gasteiger partial charge in [-0.25, -0.2) is 8.78 Å². The van der Waals surface area contributed by atoms with E-state index < -0.39 is 29.4 Å². The van der Waals surface area contributed by atoms with Crippen LogP contribution in [0.3, 0.4) is 0 Å². The fourth-order valence-corrected chi connectivity index (χ4v) is 1.46. The molecule has 0 spiro atoms. The van der Waals surface area contributed by atoms with Crippen LogP contribution in [-0.4, -0.2) is 6.61 Å². The van der Waals surface area contributed by atoms with Crippen LogP contribution >= 0.6 is 23.2 Å². The topological polar surface area (TPSA) is 9.23 Å². The van der Waals surface area contributed by atoms with E-state index in [2.05, 4.69) is 4.74 Å². The molecule has 0 radical (unpaired) electrons. The molecule has 84 valence electrons. The quantitative estimate of drug-likeness (QED) is 0.728. The second kappa shape index (κ2) is 4.90. The van der Waals surface area contributed by atoms with Crippen molar-refractivity contribution in [3.05, 3.63) is 27.7 Å². The summed E-state index contributed by atoms with van der Waals surface area (Å²) < 4.78 is 52.3. The molecule has 7 heteroatoms. The first-order valence-electron chi connectivity index (χ1n) is 3.64. The number of alkyl halides is 4. The van der Waals surface area contributed by atoms with Gasteiger partial charge in [0.05, 0.1) is 10.0 Å². The largest absolute Gasteiger partial charge is 0.432 e. The van der Waals surface area contributed by atoms with Crippen LogP contribution in [0.2, 0.25) is 10.0 Å². The predicted molar refractivity (Wildman–Crippen MR) is 48.1 cm³/mol. The van der Waals surface area contributed by atoms with Crippen molar-refractivity contribution >= 4 is 23.2 Å². The summed E-state index contributed by atoms with van der Waals surface area (Å²) in [5, 5.41) is -0.845. The lowest BCUT2D eigenvalue weighted by Gasteiger charge is -2.11. The fraction of sp³-hybridized carbons (Fsp3) is 0.250. The smallest absolute Gasteiger partial charge is 0.387 e. The standard InChI is InChI=1S/C8H4Cl2F4O/c9-4-2-1-3(7(11)12)5(10)6(4)15-8(13)14/h1-2,7-8H. The monoisotopic (exact) mass is 262 g/mol. The Balaban J connectivity index is 3.18. The van der Waals surface area contributed by atoms with E-state index in [-0.39, 0.29) is 5.02 Å². The first kappa shape index (κ1) is 12.4. The molecule has 1 aromatic carbocycles. The Morgan fingerprint density at radius 3 is 2.13 bits per heavy atom. The maximum atomic E-state index is 12.3. The van der Waals surface area contributed by atoms with Crippen molar-refractivity contribution in [2.45, 2.75) is 13.0 Å². The highest BCUT2D eigenvalue weighted by Gasteiger charge is 2.20. The van der Waals surface area contributed by atoms with Crippen LogP contribution in [0.1, 0.15) is 12.0 Å². The molecule has 0 fully saturated rings. The van der Waals surface area contributed by atoms with Gasteiger partial charge in [-0.2, -0.15) is 8.78 Å². The van der Waals surface area contributed by atoms with Crippen LogP contribution in [0, 0.1) is 0 Å². The van der Waals surface area contributed by atoms with Crippen LogP contribution in [0.15, 0.2) is 12.1 Å². The van der Waals surface area contributed by atoms with E-state index in [9.17, 15) is 17.6 Å². The lowest BCUT2D eigenvalue weighted by molar-refractivity contribution is -0.0499. The zero-order valence-electron chi connectivity index (χ0n) is 6.99. The second-order valence-corrected chi connectivity index (χ2v) is 3.24. The van der Waals surface area contributed by atoms with Gasteiger partial charge in [-0.05, 0) is 6.07 Å². The molecule has 1 aromatic rings. The van der Waals surface area contributed by atoms with Crippen molar-refractivity contribution in [2.75, 3.05) is 0 Å². The molecular formula is C8H4Cl2F4O. The van der Waals surface area contributed by atoms with Crippen LogP contribution < -0.4 is 4.74 Å². The van der Waals surface area contributed by atoms with E-state index in [0.29, 0.717) is 0 Å². The van der Waals surface area contributed by atoms with E-state index in [1.807, 2.05) is 0 Å². The molecule has 0 aromatic heterocycles. The maximum absolute atomic E-state index is 12.3. The van der Waals surface area contributed by atoms with Crippen LogP contribution in [-0.2, 0) is 0 Å². The van der Waals surface area contributed by atoms with E-state index in [1.165, 1.54) is 0 Å². The molecule has 0 saturated carbocycles. The van der Waals surface area contributed by atoms with Crippen LogP contribution in [0.5, 0.6) is 5.75 Å². The van der Waals surface area contributed by atoms with Gasteiger partial charge in [0.15, 0.2) is 5.75 Å². The van der Waals surface area contributed by atoms with Crippen LogP contribution in [0.4, 0.5) is 17.6 Å². The van der Waals surface area contributed by atoms with Crippen molar-refractivity contribution in [3.63, 3.8) is 0 Å². The molecule has 0 N–H and O–H groups in total. The Kier molecular flexibility index (Phi) is 4.04. The molecule has 0 atom stereocenters. The SMILES string of the molecule is FC(F)Oc1c(Cl)ccc(C(F)F)c1Cl. The lowest BCUT2D eigenvalue weighted by atomic mass is 10.2. The summed E-state index contributed by atoms with van der Waals surface area (Å²) in [6.45, 7) is -3.17. The Morgan fingerprint density at radius 2 is 1.67 bits per heavy atom. The van der Waals surface area contributed by atoms with E-state index >= 15 is 0 Å². The Morgan fingerprint density at radius 1 is 1.07 bits per heavy atom. The Hall–Kier alpha value is -0.680. The average Bonchev–Trinajstić information content (AvgIpc) is 2.11. The second-order valence-electron chi connectivity index (χ2n) is 2.46. The predicted octanol–water partition coefficient (Wildman–Crippen LogP) is 4.53. The zero-order chi connectivity index (χ0) is 11.6. The molecular weight excluding hydrogens is 259 g/mol. The van der Waals surface area contributed by atoms with Gasteiger partial charge >= 0.3 is 6.61 Å². The molecule has 0 heterocycles. The van der Waals surface area contributed by atoms with Gasteiger partial charge in [-0.15, -0.1) is 0 Å². The van der Waals surface area contributed by atoms with E-state index in [0.717, 1.165) is 12.1 Å². The van der Waals surface area contributed by atoms with Gasteiger partial charge in [-0.1, -0.05) is 29.3 Å². The minimum absolute atomic E-state index is 0.246. The summed E-state index contributed by atoms with van der Waals surface area (Å²) >= 11 is 10.9. The first-order valence-corrected chi connectivity index (χ1v) is 4.40. The van der Waals surface area contributed by atoms with Gasteiger partial charge in [0.1, 0.15) is 0 Å². The third-order valence-electron chi connectivity index (χ3n) is 1.52. The normalized spacial score (nSPS) is 11.2. The zero-order valence-corrected chi connectivity index (χ0v) is 8.50. The minimum atomic E-state index is -3.17. The van der Waals surface area contributed by atoms with Crippen molar-refractivity contribution in [3.8, 4) is 5.75 Å². The molecule has 15 heavy (non-hydrogen) atoms. The molecule has 0 unspecified atom stereocenters. The van der Waals surface area contributed by atoms with Gasteiger partial charge in [0.25, 0.3) is 6.43 Å². The molecule has 0 bridgehead atoms. The fourth-order valence-electron chi connectivity index (χ4n) is 0.913. The Labute approximate surface area is 92.5 Å². The third-order valence-corrected chi connectivity index (χ3v) is 2.21. The summed E-state index contributed by atoms with van der Waals surface area (Å²) in [6.07, 6.45) is -2.88.